The number of aryl methyl sites for hydroxylation is 1. The lowest BCUT2D eigenvalue weighted by Crippen LogP contribution is -2.30. The van der Waals surface area contributed by atoms with Crippen molar-refractivity contribution in [2.24, 2.45) is 0 Å². The predicted molar refractivity (Wildman–Crippen MR) is 128 cm³/mol. The highest BCUT2D eigenvalue weighted by atomic mass is 16.5. The minimum atomic E-state index is -0.658. The molecule has 33 heavy (non-hydrogen) atoms. The van der Waals surface area contributed by atoms with Gasteiger partial charge in [-0.05, 0) is 68.7 Å². The molecule has 1 aliphatic rings. The van der Waals surface area contributed by atoms with Gasteiger partial charge in [0.05, 0.1) is 24.8 Å². The summed E-state index contributed by atoms with van der Waals surface area (Å²) < 4.78 is 11.1. The minimum absolute atomic E-state index is 0.115. The SMILES string of the molecule is CCCCCN1C(=O)C(=O)/C(=C(\O)c2ccc(OCC)c(C)c2)C1c1ccc(OCC)cc1. The van der Waals surface area contributed by atoms with Crippen LogP contribution < -0.4 is 9.47 Å². The smallest absolute Gasteiger partial charge is 0.295 e. The Labute approximate surface area is 195 Å². The Bertz CT molecular complexity index is 1030. The monoisotopic (exact) mass is 451 g/mol. The largest absolute Gasteiger partial charge is 0.507 e. The normalized spacial score (nSPS) is 17.5. The molecule has 0 spiro atoms. The highest BCUT2D eigenvalue weighted by molar-refractivity contribution is 6.46. The second-order valence-corrected chi connectivity index (χ2v) is 8.11. The van der Waals surface area contributed by atoms with Gasteiger partial charge in [-0.15, -0.1) is 0 Å². The van der Waals surface area contributed by atoms with E-state index >= 15 is 0 Å². The molecule has 3 rings (SSSR count). The van der Waals surface area contributed by atoms with E-state index in [-0.39, 0.29) is 11.3 Å². The van der Waals surface area contributed by atoms with E-state index in [1.807, 2.05) is 45.0 Å². The van der Waals surface area contributed by atoms with Crippen molar-refractivity contribution in [3.05, 3.63) is 64.7 Å². The first kappa shape index (κ1) is 24.4. The lowest BCUT2D eigenvalue weighted by Gasteiger charge is -2.25. The Morgan fingerprint density at radius 2 is 1.67 bits per heavy atom. The summed E-state index contributed by atoms with van der Waals surface area (Å²) in [5, 5.41) is 11.2. The van der Waals surface area contributed by atoms with Gasteiger partial charge in [0.1, 0.15) is 17.3 Å². The van der Waals surface area contributed by atoms with E-state index in [0.29, 0.717) is 31.1 Å². The molecule has 0 aromatic heterocycles. The number of unbranched alkanes of at least 4 members (excludes halogenated alkanes) is 2. The fourth-order valence-corrected chi connectivity index (χ4v) is 4.17. The van der Waals surface area contributed by atoms with E-state index in [0.717, 1.165) is 36.1 Å². The molecule has 1 atom stereocenters. The molecule has 1 amide bonds. The Kier molecular flexibility index (Phi) is 8.15. The number of ketones is 1. The number of carbonyl (C=O) groups is 2. The van der Waals surface area contributed by atoms with Gasteiger partial charge >= 0.3 is 0 Å². The molecule has 0 radical (unpaired) electrons. The number of benzene rings is 2. The van der Waals surface area contributed by atoms with Crippen LogP contribution in [0.2, 0.25) is 0 Å². The van der Waals surface area contributed by atoms with E-state index in [2.05, 4.69) is 6.92 Å². The summed E-state index contributed by atoms with van der Waals surface area (Å²) in [5.74, 6) is 0.0310. The van der Waals surface area contributed by atoms with Gasteiger partial charge in [0.2, 0.25) is 0 Å². The van der Waals surface area contributed by atoms with Gasteiger partial charge in [-0.3, -0.25) is 9.59 Å². The lowest BCUT2D eigenvalue weighted by molar-refractivity contribution is -0.139. The van der Waals surface area contributed by atoms with Gasteiger partial charge in [0, 0.05) is 12.1 Å². The number of ether oxygens (including phenoxy) is 2. The van der Waals surface area contributed by atoms with Crippen LogP contribution in [-0.4, -0.2) is 41.5 Å². The number of likely N-dealkylation sites (tertiary alicyclic amines) is 1. The van der Waals surface area contributed by atoms with Gasteiger partial charge in [-0.25, -0.2) is 0 Å². The first-order valence-electron chi connectivity index (χ1n) is 11.7. The van der Waals surface area contributed by atoms with Crippen molar-refractivity contribution in [1.82, 2.24) is 4.90 Å². The molecule has 2 aromatic rings. The molecule has 6 heteroatoms. The second-order valence-electron chi connectivity index (χ2n) is 8.11. The first-order chi connectivity index (χ1) is 15.9. The van der Waals surface area contributed by atoms with Gasteiger partial charge in [-0.1, -0.05) is 31.9 Å². The van der Waals surface area contributed by atoms with Crippen LogP contribution in [0.1, 0.15) is 62.8 Å². The number of nitrogens with zero attached hydrogens (tertiary/aromatic N) is 1. The van der Waals surface area contributed by atoms with Crippen LogP contribution in [0.25, 0.3) is 5.76 Å². The summed E-state index contributed by atoms with van der Waals surface area (Å²) >= 11 is 0. The lowest BCUT2D eigenvalue weighted by atomic mass is 9.94. The van der Waals surface area contributed by atoms with Gasteiger partial charge in [0.15, 0.2) is 0 Å². The number of amides is 1. The van der Waals surface area contributed by atoms with Crippen LogP contribution in [0.15, 0.2) is 48.0 Å². The summed E-state index contributed by atoms with van der Waals surface area (Å²) in [6.45, 7) is 9.33. The molecule has 1 heterocycles. The van der Waals surface area contributed by atoms with Gasteiger partial charge in [-0.2, -0.15) is 0 Å². The van der Waals surface area contributed by atoms with Crippen molar-refractivity contribution in [3.63, 3.8) is 0 Å². The molecule has 1 aliphatic heterocycles. The Morgan fingerprint density at radius 3 is 2.27 bits per heavy atom. The van der Waals surface area contributed by atoms with Crippen LogP contribution in [0, 0.1) is 6.92 Å². The highest BCUT2D eigenvalue weighted by Gasteiger charge is 2.45. The molecule has 0 saturated carbocycles. The van der Waals surface area contributed by atoms with E-state index in [1.54, 1.807) is 23.1 Å². The molecular weight excluding hydrogens is 418 g/mol. The molecule has 1 fully saturated rings. The fourth-order valence-electron chi connectivity index (χ4n) is 4.17. The van der Waals surface area contributed by atoms with Crippen molar-refractivity contribution < 1.29 is 24.2 Å². The second kappa shape index (κ2) is 11.0. The third-order valence-electron chi connectivity index (χ3n) is 5.80. The average molecular weight is 452 g/mol. The van der Waals surface area contributed by atoms with Crippen LogP contribution in [0.3, 0.4) is 0 Å². The number of aliphatic hydroxyl groups excluding tert-OH is 1. The standard InChI is InChI=1S/C27H33NO5/c1-5-8-9-16-28-24(19-10-13-21(14-11-19)32-6-2)23(26(30)27(28)31)25(29)20-12-15-22(33-7-3)18(4)17-20/h10-15,17,24,29H,5-9,16H2,1-4H3/b25-23-. The Balaban J connectivity index is 2.08. The number of carbonyl (C=O) groups excluding carboxylic acids is 2. The molecule has 176 valence electrons. The number of Topliss-reactive ketones (excluding diaryl/α,β-unsaturated/α-hetero) is 1. The molecule has 1 N–H and O–H groups in total. The predicted octanol–water partition coefficient (Wildman–Crippen LogP) is 5.40. The molecule has 6 nitrogen and oxygen atoms in total. The fraction of sp³-hybridized carbons (Fsp3) is 0.407. The molecule has 2 aromatic carbocycles. The first-order valence-corrected chi connectivity index (χ1v) is 11.7. The van der Waals surface area contributed by atoms with Crippen molar-refractivity contribution in [2.75, 3.05) is 19.8 Å². The number of rotatable bonds is 10. The molecule has 0 aliphatic carbocycles. The maximum absolute atomic E-state index is 13.1. The van der Waals surface area contributed by atoms with E-state index in [9.17, 15) is 14.7 Å². The Morgan fingerprint density at radius 1 is 0.970 bits per heavy atom. The van der Waals surface area contributed by atoms with E-state index in [4.69, 9.17) is 9.47 Å². The van der Waals surface area contributed by atoms with Crippen molar-refractivity contribution in [2.45, 2.75) is 53.0 Å². The number of hydrogen-bond donors (Lipinski definition) is 1. The van der Waals surface area contributed by atoms with Crippen LogP contribution in [-0.2, 0) is 9.59 Å². The average Bonchev–Trinajstić information content (AvgIpc) is 3.06. The molecule has 1 saturated heterocycles. The summed E-state index contributed by atoms with van der Waals surface area (Å²) in [4.78, 5) is 27.7. The quantitative estimate of drug-likeness (QED) is 0.226. The molecule has 1 unspecified atom stereocenters. The van der Waals surface area contributed by atoms with Crippen LogP contribution in [0.4, 0.5) is 0 Å². The van der Waals surface area contributed by atoms with Crippen molar-refractivity contribution >= 4 is 17.4 Å². The topological polar surface area (TPSA) is 76.1 Å². The summed E-state index contributed by atoms with van der Waals surface area (Å²) in [7, 11) is 0. The van der Waals surface area contributed by atoms with Gasteiger partial charge in [0.25, 0.3) is 11.7 Å². The third kappa shape index (κ3) is 5.21. The zero-order valence-corrected chi connectivity index (χ0v) is 19.9. The third-order valence-corrected chi connectivity index (χ3v) is 5.80. The molecular formula is C27H33NO5. The number of hydrogen-bond acceptors (Lipinski definition) is 5. The van der Waals surface area contributed by atoms with Gasteiger partial charge < -0.3 is 19.5 Å². The van der Waals surface area contributed by atoms with Crippen molar-refractivity contribution in [1.29, 1.82) is 0 Å². The summed E-state index contributed by atoms with van der Waals surface area (Å²) in [5.41, 5.74) is 2.21. The Hall–Kier alpha value is -3.28. The summed E-state index contributed by atoms with van der Waals surface area (Å²) in [6, 6.07) is 12.0. The maximum Gasteiger partial charge on any atom is 0.295 e. The molecule has 0 bridgehead atoms. The zero-order chi connectivity index (χ0) is 24.0. The van der Waals surface area contributed by atoms with Crippen LogP contribution in [0.5, 0.6) is 11.5 Å². The number of aliphatic hydroxyl groups is 1. The van der Waals surface area contributed by atoms with Crippen molar-refractivity contribution in [3.8, 4) is 11.5 Å². The minimum Gasteiger partial charge on any atom is -0.507 e. The zero-order valence-electron chi connectivity index (χ0n) is 19.9. The van der Waals surface area contributed by atoms with E-state index < -0.39 is 17.7 Å². The van der Waals surface area contributed by atoms with E-state index in [1.165, 1.54) is 0 Å². The maximum atomic E-state index is 13.1. The summed E-state index contributed by atoms with van der Waals surface area (Å²) in [6.07, 6.45) is 2.75. The highest BCUT2D eigenvalue weighted by Crippen LogP contribution is 2.40. The van der Waals surface area contributed by atoms with Crippen LogP contribution >= 0.6 is 0 Å².